The molecule has 0 spiro atoms. The summed E-state index contributed by atoms with van der Waals surface area (Å²) in [6.07, 6.45) is 4.38. The van der Waals surface area contributed by atoms with Crippen LogP contribution in [0.2, 0.25) is 0 Å². The van der Waals surface area contributed by atoms with Crippen molar-refractivity contribution in [3.8, 4) is 11.4 Å². The summed E-state index contributed by atoms with van der Waals surface area (Å²) in [6.45, 7) is 0.633. The molecule has 2 aromatic heterocycles. The van der Waals surface area contributed by atoms with Crippen molar-refractivity contribution < 1.29 is 19.1 Å². The highest BCUT2D eigenvalue weighted by molar-refractivity contribution is 7.14. The molecule has 3 amide bonds. The van der Waals surface area contributed by atoms with E-state index in [1.54, 1.807) is 17.5 Å². The lowest BCUT2D eigenvalue weighted by molar-refractivity contribution is -0.120. The summed E-state index contributed by atoms with van der Waals surface area (Å²) in [4.78, 5) is 47.9. The molecule has 1 aromatic carbocycles. The molecule has 1 saturated heterocycles. The Morgan fingerprint density at radius 2 is 1.89 bits per heavy atom. The number of rotatable bonds is 7. The van der Waals surface area contributed by atoms with Crippen LogP contribution in [0.3, 0.4) is 0 Å². The van der Waals surface area contributed by atoms with E-state index in [2.05, 4.69) is 20.6 Å². The van der Waals surface area contributed by atoms with E-state index in [0.717, 1.165) is 24.8 Å². The summed E-state index contributed by atoms with van der Waals surface area (Å²) in [7, 11) is 0. The maximum absolute atomic E-state index is 12.9. The van der Waals surface area contributed by atoms with Crippen LogP contribution < -0.4 is 10.6 Å². The number of nitrogens with zero attached hydrogens (tertiary/aromatic N) is 3. The highest BCUT2D eigenvalue weighted by Crippen LogP contribution is 2.26. The van der Waals surface area contributed by atoms with Gasteiger partial charge in [0.1, 0.15) is 18.3 Å². The van der Waals surface area contributed by atoms with Gasteiger partial charge >= 0.3 is 6.09 Å². The summed E-state index contributed by atoms with van der Waals surface area (Å²) in [5.74, 6) is -0.415. The largest absolute Gasteiger partial charge is 0.445 e. The maximum atomic E-state index is 12.9. The Morgan fingerprint density at radius 1 is 1.06 bits per heavy atom. The second kappa shape index (κ2) is 10.2. The van der Waals surface area contributed by atoms with Crippen molar-refractivity contribution >= 4 is 34.4 Å². The Hall–Kier alpha value is -3.79. The van der Waals surface area contributed by atoms with Crippen LogP contribution in [0.1, 0.15) is 41.6 Å². The van der Waals surface area contributed by atoms with Gasteiger partial charge in [-0.05, 0) is 43.4 Å². The first kappa shape index (κ1) is 23.0. The molecule has 0 bridgehead atoms. The molecule has 2 aliphatic rings. The highest BCUT2D eigenvalue weighted by Gasteiger charge is 2.35. The molecule has 1 saturated carbocycles. The first-order valence-electron chi connectivity index (χ1n) is 11.6. The fourth-order valence-corrected chi connectivity index (χ4v) is 4.58. The van der Waals surface area contributed by atoms with E-state index in [1.807, 2.05) is 30.3 Å². The molecule has 5 rings (SSSR count). The third kappa shape index (κ3) is 5.65. The van der Waals surface area contributed by atoms with Crippen molar-refractivity contribution in [2.24, 2.45) is 0 Å². The fourth-order valence-electron chi connectivity index (χ4n) is 3.87. The molecule has 3 aromatic rings. The first-order chi connectivity index (χ1) is 17.1. The minimum atomic E-state index is -0.604. The number of aromatic nitrogens is 2. The molecule has 2 N–H and O–H groups in total. The number of nitrogens with one attached hydrogen (secondary N) is 2. The average Bonchev–Trinajstić information content (AvgIpc) is 3.35. The van der Waals surface area contributed by atoms with Gasteiger partial charge in [0.05, 0.1) is 11.3 Å². The summed E-state index contributed by atoms with van der Waals surface area (Å²) < 4.78 is 5.41. The van der Waals surface area contributed by atoms with Gasteiger partial charge in [-0.1, -0.05) is 30.3 Å². The minimum absolute atomic E-state index is 0.124. The topological polar surface area (TPSA) is 114 Å². The summed E-state index contributed by atoms with van der Waals surface area (Å²) >= 11 is 1.28. The Kier molecular flexibility index (Phi) is 6.71. The number of benzene rings is 1. The Bertz CT molecular complexity index is 1210. The molecule has 2 fully saturated rings. The molecule has 35 heavy (non-hydrogen) atoms. The smallest absolute Gasteiger partial charge is 0.410 e. The lowest BCUT2D eigenvalue weighted by Crippen LogP contribution is -2.43. The number of thiazole rings is 1. The van der Waals surface area contributed by atoms with Gasteiger partial charge < -0.3 is 15.4 Å². The van der Waals surface area contributed by atoms with E-state index < -0.39 is 12.1 Å². The van der Waals surface area contributed by atoms with Gasteiger partial charge in [0.25, 0.3) is 5.91 Å². The van der Waals surface area contributed by atoms with Crippen LogP contribution in [-0.4, -0.2) is 51.4 Å². The second-order valence-corrected chi connectivity index (χ2v) is 9.46. The minimum Gasteiger partial charge on any atom is -0.445 e. The number of carbonyl (C=O) groups is 3. The molecule has 9 nitrogen and oxygen atoms in total. The standard InChI is InChI=1S/C25H25N5O4S/c31-22(27-18-9-10-18)17-8-11-19(26-13-17)20-15-35-24(28-20)29-23(32)21-7-4-12-30(21)25(33)34-14-16-5-2-1-3-6-16/h1-3,5-6,8,11,13,15,18,21H,4,7,9-10,12,14H2,(H,27,31)(H,28,29,32)/t21-/m1/s1. The predicted octanol–water partition coefficient (Wildman–Crippen LogP) is 3.84. The average molecular weight is 492 g/mol. The molecule has 1 aliphatic carbocycles. The van der Waals surface area contributed by atoms with Crippen molar-refractivity contribution in [3.63, 3.8) is 0 Å². The number of hydrogen-bond donors (Lipinski definition) is 2. The number of likely N-dealkylation sites (tertiary alicyclic amines) is 1. The first-order valence-corrected chi connectivity index (χ1v) is 12.5. The monoisotopic (exact) mass is 491 g/mol. The Morgan fingerprint density at radius 3 is 2.63 bits per heavy atom. The van der Waals surface area contributed by atoms with Gasteiger partial charge in [-0.15, -0.1) is 11.3 Å². The summed E-state index contributed by atoms with van der Waals surface area (Å²) in [5, 5.41) is 7.97. The Balaban J connectivity index is 1.17. The second-order valence-electron chi connectivity index (χ2n) is 8.60. The van der Waals surface area contributed by atoms with E-state index >= 15 is 0 Å². The van der Waals surface area contributed by atoms with Crippen molar-refractivity contribution in [3.05, 3.63) is 65.2 Å². The Labute approximate surface area is 206 Å². The van der Waals surface area contributed by atoms with Gasteiger partial charge in [0.2, 0.25) is 5.91 Å². The lowest BCUT2D eigenvalue weighted by atomic mass is 10.2. The van der Waals surface area contributed by atoms with E-state index in [0.29, 0.717) is 35.0 Å². The number of anilines is 1. The molecular weight excluding hydrogens is 466 g/mol. The number of hydrogen-bond acceptors (Lipinski definition) is 7. The van der Waals surface area contributed by atoms with Crippen LogP contribution in [0.15, 0.2) is 54.0 Å². The zero-order valence-electron chi connectivity index (χ0n) is 19.0. The molecule has 0 unspecified atom stereocenters. The summed E-state index contributed by atoms with van der Waals surface area (Å²) in [6, 6.07) is 12.6. The zero-order valence-corrected chi connectivity index (χ0v) is 19.8. The molecule has 10 heteroatoms. The highest BCUT2D eigenvalue weighted by atomic mass is 32.1. The molecule has 180 valence electrons. The van der Waals surface area contributed by atoms with E-state index in [4.69, 9.17) is 4.74 Å². The van der Waals surface area contributed by atoms with Crippen molar-refractivity contribution in [2.75, 3.05) is 11.9 Å². The quantitative estimate of drug-likeness (QED) is 0.519. The van der Waals surface area contributed by atoms with Gasteiger partial charge in [-0.3, -0.25) is 19.5 Å². The number of carbonyl (C=O) groups excluding carboxylic acids is 3. The van der Waals surface area contributed by atoms with E-state index in [9.17, 15) is 14.4 Å². The molecule has 3 heterocycles. The third-order valence-corrected chi connectivity index (χ3v) is 6.69. The maximum Gasteiger partial charge on any atom is 0.410 e. The predicted molar refractivity (Wildman–Crippen MR) is 131 cm³/mol. The fraction of sp³-hybridized carbons (Fsp3) is 0.320. The molecule has 1 aliphatic heterocycles. The van der Waals surface area contributed by atoms with Gasteiger partial charge in [0, 0.05) is 24.2 Å². The number of ether oxygens (including phenoxy) is 1. The lowest BCUT2D eigenvalue weighted by Gasteiger charge is -2.22. The number of amides is 3. The van der Waals surface area contributed by atoms with Crippen molar-refractivity contribution in [2.45, 2.75) is 44.4 Å². The van der Waals surface area contributed by atoms with Gasteiger partial charge in [0.15, 0.2) is 5.13 Å². The normalized spacial score (nSPS) is 17.1. The van der Waals surface area contributed by atoms with Crippen LogP contribution in [0.5, 0.6) is 0 Å². The SMILES string of the molecule is O=C(NC1CC1)c1ccc(-c2csc(NC(=O)[C@H]3CCCN3C(=O)OCc3ccccc3)n2)nc1. The van der Waals surface area contributed by atoms with Crippen LogP contribution in [-0.2, 0) is 16.1 Å². The molecular formula is C25H25N5O4S. The summed E-state index contributed by atoms with van der Waals surface area (Å²) in [5.41, 5.74) is 2.60. The van der Waals surface area contributed by atoms with Crippen LogP contribution in [0, 0.1) is 0 Å². The molecule has 0 radical (unpaired) electrons. The van der Waals surface area contributed by atoms with E-state index in [1.165, 1.54) is 22.4 Å². The van der Waals surface area contributed by atoms with Crippen molar-refractivity contribution in [1.82, 2.24) is 20.2 Å². The van der Waals surface area contributed by atoms with Gasteiger partial charge in [-0.25, -0.2) is 9.78 Å². The number of pyridine rings is 1. The molecule has 1 atom stereocenters. The zero-order chi connectivity index (χ0) is 24.2. The van der Waals surface area contributed by atoms with Crippen LogP contribution in [0.4, 0.5) is 9.93 Å². The van der Waals surface area contributed by atoms with Crippen LogP contribution in [0.25, 0.3) is 11.4 Å². The van der Waals surface area contributed by atoms with Crippen molar-refractivity contribution in [1.29, 1.82) is 0 Å². The third-order valence-electron chi connectivity index (χ3n) is 5.93. The van der Waals surface area contributed by atoms with Gasteiger partial charge in [-0.2, -0.15) is 0 Å². The van der Waals surface area contributed by atoms with Crippen LogP contribution >= 0.6 is 11.3 Å². The van der Waals surface area contributed by atoms with E-state index in [-0.39, 0.29) is 24.5 Å².